The zero-order chi connectivity index (χ0) is 10.6. The summed E-state index contributed by atoms with van der Waals surface area (Å²) >= 11 is 0. The fraction of sp³-hybridized carbons (Fsp3) is 0.909. The number of hydrogen-bond donors (Lipinski definition) is 1. The lowest BCUT2D eigenvalue weighted by Crippen LogP contribution is -2.46. The Balaban J connectivity index is 2.45. The summed E-state index contributed by atoms with van der Waals surface area (Å²) < 4.78 is 0. The zero-order valence-electron chi connectivity index (χ0n) is 9.33. The lowest BCUT2D eigenvalue weighted by molar-refractivity contribution is -0.132. The van der Waals surface area contributed by atoms with Crippen LogP contribution >= 0.6 is 0 Å². The van der Waals surface area contributed by atoms with E-state index < -0.39 is 0 Å². The van der Waals surface area contributed by atoms with E-state index in [0.29, 0.717) is 5.92 Å². The second-order valence-corrected chi connectivity index (χ2v) is 4.28. The van der Waals surface area contributed by atoms with Crippen LogP contribution in [0.4, 0.5) is 0 Å². The van der Waals surface area contributed by atoms with Gasteiger partial charge in [0.2, 0.25) is 5.91 Å². The first-order valence-electron chi connectivity index (χ1n) is 5.67. The van der Waals surface area contributed by atoms with Crippen LogP contribution in [-0.2, 0) is 4.79 Å². The van der Waals surface area contributed by atoms with Crippen LogP contribution < -0.4 is 5.73 Å². The maximum absolute atomic E-state index is 11.8. The number of carbonyl (C=O) groups excluding carboxylic acids is 1. The van der Waals surface area contributed by atoms with Gasteiger partial charge in [0, 0.05) is 13.6 Å². The van der Waals surface area contributed by atoms with Gasteiger partial charge < -0.3 is 10.6 Å². The summed E-state index contributed by atoms with van der Waals surface area (Å²) in [6, 6.07) is -0.264. The van der Waals surface area contributed by atoms with Gasteiger partial charge >= 0.3 is 0 Å². The number of rotatable bonds is 3. The van der Waals surface area contributed by atoms with E-state index >= 15 is 0 Å². The summed E-state index contributed by atoms with van der Waals surface area (Å²) in [5.74, 6) is 0.532. The van der Waals surface area contributed by atoms with E-state index in [0.717, 1.165) is 19.4 Å². The fourth-order valence-corrected chi connectivity index (χ4v) is 2.11. The van der Waals surface area contributed by atoms with E-state index in [9.17, 15) is 4.79 Å². The topological polar surface area (TPSA) is 46.3 Å². The fourth-order valence-electron chi connectivity index (χ4n) is 2.11. The minimum atomic E-state index is -0.264. The molecule has 0 spiro atoms. The Morgan fingerprint density at radius 1 is 1.43 bits per heavy atom. The third-order valence-electron chi connectivity index (χ3n) is 3.29. The smallest absolute Gasteiger partial charge is 0.239 e. The maximum Gasteiger partial charge on any atom is 0.239 e. The lowest BCUT2D eigenvalue weighted by atomic mass is 9.84. The molecule has 0 aromatic carbocycles. The van der Waals surface area contributed by atoms with Crippen molar-refractivity contribution in [2.45, 2.75) is 45.1 Å². The van der Waals surface area contributed by atoms with Crippen molar-refractivity contribution in [1.29, 1.82) is 0 Å². The molecule has 1 atom stereocenters. The van der Waals surface area contributed by atoms with Gasteiger partial charge in [0.15, 0.2) is 0 Å². The highest BCUT2D eigenvalue weighted by atomic mass is 16.2. The molecule has 3 nitrogen and oxygen atoms in total. The molecule has 1 amide bonds. The van der Waals surface area contributed by atoms with Gasteiger partial charge in [-0.05, 0) is 25.7 Å². The van der Waals surface area contributed by atoms with Crippen molar-refractivity contribution in [3.63, 3.8) is 0 Å². The molecule has 0 aromatic heterocycles. The van der Waals surface area contributed by atoms with Crippen molar-refractivity contribution in [2.75, 3.05) is 13.6 Å². The molecule has 0 saturated heterocycles. The van der Waals surface area contributed by atoms with Crippen molar-refractivity contribution in [3.8, 4) is 0 Å². The minimum Gasteiger partial charge on any atom is -0.345 e. The molecule has 2 N–H and O–H groups in total. The van der Waals surface area contributed by atoms with Crippen LogP contribution in [0.2, 0.25) is 0 Å². The summed E-state index contributed by atoms with van der Waals surface area (Å²) in [6.45, 7) is 2.73. The molecule has 1 saturated carbocycles. The molecule has 0 aliphatic heterocycles. The van der Waals surface area contributed by atoms with Crippen molar-refractivity contribution < 1.29 is 4.79 Å². The molecular weight excluding hydrogens is 176 g/mol. The van der Waals surface area contributed by atoms with Crippen LogP contribution in [0.1, 0.15) is 39.0 Å². The summed E-state index contributed by atoms with van der Waals surface area (Å²) in [5.41, 5.74) is 5.98. The van der Waals surface area contributed by atoms with Gasteiger partial charge in [-0.25, -0.2) is 0 Å². The molecule has 0 heterocycles. The van der Waals surface area contributed by atoms with E-state index in [4.69, 9.17) is 5.73 Å². The molecule has 0 bridgehead atoms. The first kappa shape index (κ1) is 11.5. The van der Waals surface area contributed by atoms with E-state index in [-0.39, 0.29) is 11.9 Å². The molecule has 1 aliphatic carbocycles. The van der Waals surface area contributed by atoms with E-state index in [1.165, 1.54) is 19.3 Å². The van der Waals surface area contributed by atoms with Crippen LogP contribution in [0.5, 0.6) is 0 Å². The summed E-state index contributed by atoms with van der Waals surface area (Å²) in [4.78, 5) is 13.5. The number of likely N-dealkylation sites (N-methyl/N-ethyl adjacent to an activating group) is 1. The number of nitrogens with two attached hydrogens (primary N) is 1. The van der Waals surface area contributed by atoms with Gasteiger partial charge in [-0.3, -0.25) is 4.79 Å². The highest BCUT2D eigenvalue weighted by molar-refractivity contribution is 5.81. The standard InChI is InChI=1S/C11H22N2O/c1-3-13(2)11(14)10(12)9-7-5-4-6-8-9/h9-10H,3-8,12H2,1-2H3. The Morgan fingerprint density at radius 3 is 2.50 bits per heavy atom. The predicted octanol–water partition coefficient (Wildman–Crippen LogP) is 1.37. The van der Waals surface area contributed by atoms with Gasteiger partial charge in [-0.2, -0.15) is 0 Å². The minimum absolute atomic E-state index is 0.111. The van der Waals surface area contributed by atoms with Crippen LogP contribution in [0.15, 0.2) is 0 Å². The Bertz CT molecular complexity index is 188. The molecule has 1 unspecified atom stereocenters. The van der Waals surface area contributed by atoms with Crippen molar-refractivity contribution in [2.24, 2.45) is 11.7 Å². The van der Waals surface area contributed by atoms with E-state index in [1.807, 2.05) is 14.0 Å². The van der Waals surface area contributed by atoms with Gasteiger partial charge in [-0.1, -0.05) is 19.3 Å². The van der Waals surface area contributed by atoms with Crippen LogP contribution in [-0.4, -0.2) is 30.4 Å². The monoisotopic (exact) mass is 198 g/mol. The Labute approximate surface area is 86.6 Å². The van der Waals surface area contributed by atoms with Crippen molar-refractivity contribution in [3.05, 3.63) is 0 Å². The highest BCUT2D eigenvalue weighted by Crippen LogP contribution is 2.26. The maximum atomic E-state index is 11.8. The molecule has 1 rings (SSSR count). The molecule has 0 aromatic rings. The average molecular weight is 198 g/mol. The third kappa shape index (κ3) is 2.71. The summed E-state index contributed by atoms with van der Waals surface area (Å²) in [5, 5.41) is 0. The largest absolute Gasteiger partial charge is 0.345 e. The molecule has 14 heavy (non-hydrogen) atoms. The molecular formula is C11H22N2O. The van der Waals surface area contributed by atoms with Gasteiger partial charge in [0.1, 0.15) is 0 Å². The van der Waals surface area contributed by atoms with Gasteiger partial charge in [0.05, 0.1) is 6.04 Å². The number of hydrogen-bond acceptors (Lipinski definition) is 2. The van der Waals surface area contributed by atoms with Crippen LogP contribution in [0.3, 0.4) is 0 Å². The molecule has 1 fully saturated rings. The molecule has 3 heteroatoms. The first-order chi connectivity index (χ1) is 6.66. The predicted molar refractivity (Wildman–Crippen MR) is 57.9 cm³/mol. The Kier molecular flexibility index (Phi) is 4.39. The lowest BCUT2D eigenvalue weighted by Gasteiger charge is -2.29. The Morgan fingerprint density at radius 2 is 2.00 bits per heavy atom. The van der Waals surface area contributed by atoms with E-state index in [1.54, 1.807) is 4.90 Å². The van der Waals surface area contributed by atoms with Crippen LogP contribution in [0, 0.1) is 5.92 Å². The third-order valence-corrected chi connectivity index (χ3v) is 3.29. The second-order valence-electron chi connectivity index (χ2n) is 4.28. The van der Waals surface area contributed by atoms with Gasteiger partial charge in [0.25, 0.3) is 0 Å². The van der Waals surface area contributed by atoms with E-state index in [2.05, 4.69) is 0 Å². The second kappa shape index (κ2) is 5.35. The molecule has 82 valence electrons. The average Bonchev–Trinajstić information content (AvgIpc) is 2.27. The molecule has 1 aliphatic rings. The summed E-state index contributed by atoms with van der Waals surface area (Å²) in [7, 11) is 1.82. The zero-order valence-corrected chi connectivity index (χ0v) is 9.33. The number of amides is 1. The number of carbonyl (C=O) groups is 1. The van der Waals surface area contributed by atoms with Gasteiger partial charge in [-0.15, -0.1) is 0 Å². The Hall–Kier alpha value is -0.570. The SMILES string of the molecule is CCN(C)C(=O)C(N)C1CCCCC1. The normalized spacial score (nSPS) is 20.5. The van der Waals surface area contributed by atoms with Crippen molar-refractivity contribution >= 4 is 5.91 Å². The molecule has 0 radical (unpaired) electrons. The number of nitrogens with zero attached hydrogens (tertiary/aromatic N) is 1. The van der Waals surface area contributed by atoms with Crippen molar-refractivity contribution in [1.82, 2.24) is 4.90 Å². The van der Waals surface area contributed by atoms with Crippen LogP contribution in [0.25, 0.3) is 0 Å². The quantitative estimate of drug-likeness (QED) is 0.744. The first-order valence-corrected chi connectivity index (χ1v) is 5.67. The highest BCUT2D eigenvalue weighted by Gasteiger charge is 2.27. The summed E-state index contributed by atoms with van der Waals surface area (Å²) in [6.07, 6.45) is 6.04.